The lowest BCUT2D eigenvalue weighted by molar-refractivity contribution is -0.636. The van der Waals surface area contributed by atoms with Crippen LogP contribution in [0.25, 0.3) is 64.7 Å². The van der Waals surface area contributed by atoms with Crippen molar-refractivity contribution in [2.45, 2.75) is 6.92 Å². The van der Waals surface area contributed by atoms with Gasteiger partial charge in [0.15, 0.2) is 5.58 Å². The first-order chi connectivity index (χ1) is 15.2. The van der Waals surface area contributed by atoms with Crippen molar-refractivity contribution in [3.05, 3.63) is 78.4 Å². The third kappa shape index (κ3) is 2.20. The van der Waals surface area contributed by atoms with Gasteiger partial charge in [0, 0.05) is 20.9 Å². The predicted molar refractivity (Wildman–Crippen MR) is 128 cm³/mol. The number of furan rings is 1. The standard InChI is InChI=1S/C27H18NO2S/c1-15-11-13-19-18-14-12-16-7-3-4-8-17(16)24(18)29-25(19)22(15)26-28(2)23-20-9-5-6-10-21(20)31-27(23)30-26/h3-14H,1-2H3/q+1. The maximum atomic E-state index is 6.58. The minimum Gasteiger partial charge on any atom is -0.454 e. The molecule has 31 heavy (non-hydrogen) atoms. The van der Waals surface area contributed by atoms with Crippen molar-refractivity contribution in [2.24, 2.45) is 7.05 Å². The number of benzene rings is 4. The largest absolute Gasteiger partial charge is 0.454 e. The van der Waals surface area contributed by atoms with Crippen LogP contribution in [-0.2, 0) is 7.05 Å². The highest BCUT2D eigenvalue weighted by Gasteiger charge is 2.30. The molecule has 0 N–H and O–H groups in total. The zero-order valence-corrected chi connectivity index (χ0v) is 17.9. The Morgan fingerprint density at radius 1 is 0.710 bits per heavy atom. The maximum absolute atomic E-state index is 6.58. The van der Waals surface area contributed by atoms with Gasteiger partial charge in [0.25, 0.3) is 10.4 Å². The number of hydrogen-bond donors (Lipinski definition) is 0. The first-order valence-electron chi connectivity index (χ1n) is 10.3. The highest BCUT2D eigenvalue weighted by Crippen LogP contribution is 2.41. The lowest BCUT2D eigenvalue weighted by Crippen LogP contribution is -2.28. The second kappa shape index (κ2) is 5.96. The Balaban J connectivity index is 1.61. The minimum atomic E-state index is 0.832. The minimum absolute atomic E-state index is 0.832. The topological polar surface area (TPSA) is 30.2 Å². The number of aromatic nitrogens is 1. The molecule has 3 aromatic heterocycles. The Morgan fingerprint density at radius 2 is 1.45 bits per heavy atom. The monoisotopic (exact) mass is 420 g/mol. The summed E-state index contributed by atoms with van der Waals surface area (Å²) in [5, 5.41) is 5.79. The lowest BCUT2D eigenvalue weighted by Gasteiger charge is -2.01. The number of hydrogen-bond acceptors (Lipinski definition) is 3. The van der Waals surface area contributed by atoms with E-state index in [4.69, 9.17) is 8.83 Å². The molecule has 0 aliphatic carbocycles. The molecule has 7 aromatic rings. The average molecular weight is 421 g/mol. The van der Waals surface area contributed by atoms with Crippen molar-refractivity contribution < 1.29 is 13.4 Å². The van der Waals surface area contributed by atoms with Crippen molar-refractivity contribution in [3.63, 3.8) is 0 Å². The van der Waals surface area contributed by atoms with Gasteiger partial charge in [0.2, 0.25) is 0 Å². The number of thiophene rings is 1. The Hall–Kier alpha value is -3.63. The fourth-order valence-corrected chi connectivity index (χ4v) is 5.89. The van der Waals surface area contributed by atoms with Gasteiger partial charge in [-0.15, -0.1) is 0 Å². The highest BCUT2D eigenvalue weighted by molar-refractivity contribution is 7.25. The van der Waals surface area contributed by atoms with Gasteiger partial charge in [0.05, 0.1) is 5.39 Å². The van der Waals surface area contributed by atoms with E-state index in [-0.39, 0.29) is 0 Å². The van der Waals surface area contributed by atoms with Gasteiger partial charge < -0.3 is 8.83 Å². The van der Waals surface area contributed by atoms with Crippen molar-refractivity contribution in [1.82, 2.24) is 0 Å². The Morgan fingerprint density at radius 3 is 2.35 bits per heavy atom. The van der Waals surface area contributed by atoms with E-state index >= 15 is 0 Å². The van der Waals surface area contributed by atoms with Gasteiger partial charge in [-0.05, 0) is 36.1 Å². The van der Waals surface area contributed by atoms with Crippen LogP contribution >= 0.6 is 11.3 Å². The maximum Gasteiger partial charge on any atom is 0.386 e. The van der Waals surface area contributed by atoms with Crippen LogP contribution in [0.15, 0.2) is 81.6 Å². The summed E-state index contributed by atoms with van der Waals surface area (Å²) in [7, 11) is 2.08. The third-order valence-electron chi connectivity index (χ3n) is 6.32. The Labute approximate surface area is 181 Å². The van der Waals surface area contributed by atoms with E-state index < -0.39 is 0 Å². The molecule has 0 atom stereocenters. The molecule has 4 aromatic carbocycles. The average Bonchev–Trinajstić information content (AvgIpc) is 3.44. The van der Waals surface area contributed by atoms with E-state index in [1.807, 2.05) is 0 Å². The quantitative estimate of drug-likeness (QED) is 0.257. The van der Waals surface area contributed by atoms with E-state index in [2.05, 4.69) is 91.3 Å². The van der Waals surface area contributed by atoms with Gasteiger partial charge in [0.1, 0.15) is 18.2 Å². The van der Waals surface area contributed by atoms with Crippen molar-refractivity contribution in [3.8, 4) is 11.5 Å². The van der Waals surface area contributed by atoms with Crippen LogP contribution in [0.4, 0.5) is 0 Å². The summed E-state index contributed by atoms with van der Waals surface area (Å²) in [5.41, 5.74) is 5.10. The molecule has 0 radical (unpaired) electrons. The van der Waals surface area contributed by atoms with Crippen LogP contribution in [0.2, 0.25) is 0 Å². The summed E-state index contributed by atoms with van der Waals surface area (Å²) in [5.74, 6) is 0.832. The molecule has 0 amide bonds. The molecule has 3 heterocycles. The van der Waals surface area contributed by atoms with Gasteiger partial charge in [-0.25, -0.2) is 0 Å². The van der Waals surface area contributed by atoms with Crippen LogP contribution in [-0.4, -0.2) is 0 Å². The Kier molecular flexibility index (Phi) is 3.29. The molecular weight excluding hydrogens is 402 g/mol. The van der Waals surface area contributed by atoms with Gasteiger partial charge >= 0.3 is 5.89 Å². The predicted octanol–water partition coefficient (Wildman–Crippen LogP) is 7.50. The second-order valence-electron chi connectivity index (χ2n) is 8.10. The summed E-state index contributed by atoms with van der Waals surface area (Å²) < 4.78 is 16.4. The van der Waals surface area contributed by atoms with E-state index in [1.54, 1.807) is 11.3 Å². The van der Waals surface area contributed by atoms with Crippen molar-refractivity contribution in [1.29, 1.82) is 0 Å². The summed E-state index contributed by atoms with van der Waals surface area (Å²) in [6.07, 6.45) is 0. The number of aryl methyl sites for hydroxylation is 2. The lowest BCUT2D eigenvalue weighted by atomic mass is 10.0. The van der Waals surface area contributed by atoms with E-state index in [9.17, 15) is 0 Å². The Bertz CT molecular complexity index is 1820. The first kappa shape index (κ1) is 17.1. The normalized spacial score (nSPS) is 12.2. The van der Waals surface area contributed by atoms with Gasteiger partial charge in [-0.3, -0.25) is 0 Å². The summed E-state index contributed by atoms with van der Waals surface area (Å²) in [6.45, 7) is 2.12. The molecule has 0 saturated carbocycles. The van der Waals surface area contributed by atoms with Crippen molar-refractivity contribution in [2.75, 3.05) is 0 Å². The SMILES string of the molecule is Cc1ccc2c(oc3c4ccccc4ccc23)c1-c1oc2sc3ccccc3c2[n+]1C. The fourth-order valence-electron chi connectivity index (χ4n) is 4.80. The molecule has 3 nitrogen and oxygen atoms in total. The molecule has 7 rings (SSSR count). The molecule has 0 spiro atoms. The van der Waals surface area contributed by atoms with Gasteiger partial charge in [-0.2, -0.15) is 4.57 Å². The summed E-state index contributed by atoms with van der Waals surface area (Å²) >= 11 is 1.69. The molecular formula is C27H18NO2S+. The highest BCUT2D eigenvalue weighted by atomic mass is 32.1. The van der Waals surface area contributed by atoms with Crippen LogP contribution in [0.1, 0.15) is 5.56 Å². The number of oxazole rings is 1. The summed E-state index contributed by atoms with van der Waals surface area (Å²) in [6, 6.07) is 25.5. The van der Waals surface area contributed by atoms with Crippen LogP contribution in [0.3, 0.4) is 0 Å². The van der Waals surface area contributed by atoms with E-state index in [1.165, 1.54) is 15.5 Å². The zero-order chi connectivity index (χ0) is 20.7. The van der Waals surface area contributed by atoms with E-state index in [0.717, 1.165) is 54.8 Å². The van der Waals surface area contributed by atoms with Crippen LogP contribution < -0.4 is 4.57 Å². The molecule has 4 heteroatoms. The molecule has 0 aliphatic heterocycles. The van der Waals surface area contributed by atoms with Crippen molar-refractivity contribution >= 4 is 64.5 Å². The van der Waals surface area contributed by atoms with Crippen LogP contribution in [0.5, 0.6) is 0 Å². The molecule has 0 saturated heterocycles. The molecule has 0 bridgehead atoms. The second-order valence-corrected chi connectivity index (χ2v) is 9.11. The molecule has 0 fully saturated rings. The number of rotatable bonds is 1. The number of nitrogens with zero attached hydrogens (tertiary/aromatic N) is 1. The van der Waals surface area contributed by atoms with E-state index in [0.29, 0.717) is 0 Å². The molecule has 0 aliphatic rings. The first-order valence-corrected chi connectivity index (χ1v) is 11.2. The summed E-state index contributed by atoms with van der Waals surface area (Å²) in [4.78, 5) is 0.941. The zero-order valence-electron chi connectivity index (χ0n) is 17.1. The van der Waals surface area contributed by atoms with Gasteiger partial charge in [-0.1, -0.05) is 65.9 Å². The third-order valence-corrected chi connectivity index (χ3v) is 7.36. The molecule has 0 unspecified atom stereocenters. The van der Waals surface area contributed by atoms with Crippen LogP contribution in [0, 0.1) is 6.92 Å². The number of fused-ring (bicyclic) bond motifs is 8. The molecule has 148 valence electrons. The fraction of sp³-hybridized carbons (Fsp3) is 0.0741. The smallest absolute Gasteiger partial charge is 0.386 e.